The molecule has 0 bridgehead atoms. The van der Waals surface area contributed by atoms with Crippen molar-refractivity contribution in [3.63, 3.8) is 0 Å². The van der Waals surface area contributed by atoms with Crippen LogP contribution in [-0.2, 0) is 32.1 Å². The second kappa shape index (κ2) is 25.7. The lowest BCUT2D eigenvalue weighted by Crippen LogP contribution is -2.21. The standard InChI is InChI=1S/C111H81N/c1-65-56-91-82-47-25-20-41-76(82)59-95(91)100(68(65)4)105-89(88-52-30-29-51-87(88)86-53-31-45-71-34-19-24-46-81(71)86)55-54-80-63-99-107(103(80)105)108(106-96-60-77-42-21-28-50-85(77)94(96)64-90(72-32-11-7-12-33-72)101(106)73-35-13-8-14-36-73)102(74-37-15-9-16-38-74)104(75-39-17-10-18-40-75)111(99)112(109-69(5)66(2)57-92-83-48-26-22-43-78(83)61-97(92)109)110-70(6)67(3)58-93-84-49-27-23-44-79(84)62-98(93)110/h7-58,64H,59-63H2,1-6H3. The molecule has 0 saturated heterocycles. The third-order valence-electron chi connectivity index (χ3n) is 26.1. The maximum absolute atomic E-state index is 2.95. The van der Waals surface area contributed by atoms with Crippen molar-refractivity contribution in [2.24, 2.45) is 0 Å². The third kappa shape index (κ3) is 9.88. The molecule has 1 heteroatoms. The number of aryl methyl sites for hydroxylation is 3. The number of nitrogens with zero attached hydrogens (tertiary/aromatic N) is 1. The minimum absolute atomic E-state index is 0.659. The van der Waals surface area contributed by atoms with Crippen molar-refractivity contribution in [2.45, 2.75) is 73.6 Å². The SMILES string of the molecule is Cc1cc2c(c(-c3c(-c4ccccc4-c4cccc5ccccc45)ccc4c3-c3c(c(N(c5c(C)c(C)cc6c5Cc5ccccc5-6)c5c(C)c(C)cc6c5Cc5ccccc5-6)c(-c5ccccc5)c(-c5ccccc5)c3-c3c5c(cc(-c6ccccc6)c3-c3ccccc3)-c3ccccc3C5)C4)c1C)Cc1ccccc1-2. The summed E-state index contributed by atoms with van der Waals surface area (Å²) in [5.74, 6) is 0. The van der Waals surface area contributed by atoms with E-state index in [4.69, 9.17) is 0 Å². The molecule has 0 atom stereocenters. The zero-order valence-electron chi connectivity index (χ0n) is 64.1. The Morgan fingerprint density at radius 3 is 1.10 bits per heavy atom. The van der Waals surface area contributed by atoms with Gasteiger partial charge in [-0.1, -0.05) is 315 Å². The van der Waals surface area contributed by atoms with Gasteiger partial charge in [0.2, 0.25) is 0 Å². The molecule has 17 aromatic rings. The molecule has 1 nitrogen and oxygen atoms in total. The van der Waals surface area contributed by atoms with Gasteiger partial charge in [0.15, 0.2) is 0 Å². The van der Waals surface area contributed by atoms with E-state index in [2.05, 4.69) is 368 Å². The van der Waals surface area contributed by atoms with E-state index in [1.807, 2.05) is 0 Å². The maximum Gasteiger partial charge on any atom is 0.0588 e. The summed E-state index contributed by atoms with van der Waals surface area (Å²) in [6.07, 6.45) is 3.86. The Morgan fingerprint density at radius 2 is 0.562 bits per heavy atom. The van der Waals surface area contributed by atoms with Gasteiger partial charge in [0.1, 0.15) is 0 Å². The minimum atomic E-state index is 0.659. The molecule has 0 aliphatic heterocycles. The largest absolute Gasteiger partial charge is 0.308 e. The van der Waals surface area contributed by atoms with Gasteiger partial charge in [-0.2, -0.15) is 0 Å². The Hall–Kier alpha value is -13.2. The van der Waals surface area contributed by atoms with Gasteiger partial charge in [0.25, 0.3) is 0 Å². The van der Waals surface area contributed by atoms with Crippen molar-refractivity contribution in [1.29, 1.82) is 0 Å². The Bertz CT molecular complexity index is 6750. The van der Waals surface area contributed by atoms with Crippen LogP contribution in [0.3, 0.4) is 0 Å². The molecule has 0 unspecified atom stereocenters. The van der Waals surface area contributed by atoms with Crippen molar-refractivity contribution >= 4 is 27.8 Å². The first-order chi connectivity index (χ1) is 55.1. The molecule has 5 aliphatic rings. The molecule has 530 valence electrons. The molecule has 0 amide bonds. The fourth-order valence-corrected chi connectivity index (χ4v) is 20.8. The van der Waals surface area contributed by atoms with Gasteiger partial charge in [0, 0.05) is 30.4 Å². The second-order valence-corrected chi connectivity index (χ2v) is 32.0. The van der Waals surface area contributed by atoms with Crippen LogP contribution in [0, 0.1) is 41.5 Å². The summed E-state index contributed by atoms with van der Waals surface area (Å²) in [7, 11) is 0. The first kappa shape index (κ1) is 65.8. The van der Waals surface area contributed by atoms with E-state index in [-0.39, 0.29) is 0 Å². The molecule has 0 fully saturated rings. The molecule has 0 radical (unpaired) electrons. The first-order valence-electron chi connectivity index (χ1n) is 40.0. The van der Waals surface area contributed by atoms with E-state index in [9.17, 15) is 0 Å². The molecule has 0 heterocycles. The average Bonchev–Trinajstić information content (AvgIpc) is 1.44. The molecule has 0 aromatic heterocycles. The number of rotatable bonds is 11. The molecular weight excluding hydrogens is 1350 g/mol. The predicted molar refractivity (Wildman–Crippen MR) is 472 cm³/mol. The quantitative estimate of drug-likeness (QED) is 0.125. The van der Waals surface area contributed by atoms with Crippen LogP contribution in [-0.4, -0.2) is 0 Å². The van der Waals surface area contributed by atoms with Crippen LogP contribution in [0.1, 0.15) is 89.0 Å². The fraction of sp³-hybridized carbons (Fsp3) is 0.0991. The molecular formula is C111H81N. The number of fused-ring (bicyclic) bond motifs is 16. The van der Waals surface area contributed by atoms with Gasteiger partial charge in [-0.25, -0.2) is 0 Å². The molecule has 0 saturated carbocycles. The summed E-state index contributed by atoms with van der Waals surface area (Å²) in [6, 6.07) is 124. The van der Waals surface area contributed by atoms with Crippen molar-refractivity contribution in [1.82, 2.24) is 0 Å². The number of hydrogen-bond donors (Lipinski definition) is 0. The zero-order chi connectivity index (χ0) is 74.7. The highest BCUT2D eigenvalue weighted by molar-refractivity contribution is 6.20. The van der Waals surface area contributed by atoms with Gasteiger partial charge < -0.3 is 4.90 Å². The highest BCUT2D eigenvalue weighted by Gasteiger charge is 2.44. The second-order valence-electron chi connectivity index (χ2n) is 32.0. The number of benzene rings is 17. The summed E-state index contributed by atoms with van der Waals surface area (Å²) in [6.45, 7) is 14.5. The average molecular weight is 1430 g/mol. The van der Waals surface area contributed by atoms with Crippen LogP contribution in [0.4, 0.5) is 17.1 Å². The van der Waals surface area contributed by atoms with Crippen molar-refractivity contribution in [2.75, 3.05) is 4.90 Å². The monoisotopic (exact) mass is 1430 g/mol. The molecule has 5 aliphatic carbocycles. The van der Waals surface area contributed by atoms with Crippen molar-refractivity contribution in [3.05, 3.63) is 411 Å². The summed E-state index contributed by atoms with van der Waals surface area (Å²) < 4.78 is 0. The fourth-order valence-electron chi connectivity index (χ4n) is 20.8. The van der Waals surface area contributed by atoms with E-state index >= 15 is 0 Å². The summed E-state index contributed by atoms with van der Waals surface area (Å²) >= 11 is 0. The summed E-state index contributed by atoms with van der Waals surface area (Å²) in [5, 5.41) is 2.47. The Morgan fingerprint density at radius 1 is 0.188 bits per heavy atom. The lowest BCUT2D eigenvalue weighted by Gasteiger charge is -2.38. The molecule has 0 spiro atoms. The lowest BCUT2D eigenvalue weighted by molar-refractivity contribution is 1.11. The van der Waals surface area contributed by atoms with Gasteiger partial charge in [-0.15, -0.1) is 0 Å². The normalized spacial score (nSPS) is 12.7. The Labute approximate surface area is 657 Å². The van der Waals surface area contributed by atoms with E-state index in [0.29, 0.717) is 6.42 Å². The molecule has 112 heavy (non-hydrogen) atoms. The van der Waals surface area contributed by atoms with Gasteiger partial charge >= 0.3 is 0 Å². The van der Waals surface area contributed by atoms with Gasteiger partial charge in [0.05, 0.1) is 17.1 Å². The highest BCUT2D eigenvalue weighted by Crippen LogP contribution is 2.67. The van der Waals surface area contributed by atoms with Gasteiger partial charge in [-0.05, 0) is 294 Å². The summed E-state index contributed by atoms with van der Waals surface area (Å²) in [4.78, 5) is 2.95. The van der Waals surface area contributed by atoms with E-state index < -0.39 is 0 Å². The van der Waals surface area contributed by atoms with Crippen LogP contribution in [0.2, 0.25) is 0 Å². The number of anilines is 3. The molecule has 17 aromatic carbocycles. The minimum Gasteiger partial charge on any atom is -0.308 e. The third-order valence-corrected chi connectivity index (χ3v) is 26.1. The van der Waals surface area contributed by atoms with E-state index in [0.717, 1.165) is 25.7 Å². The first-order valence-corrected chi connectivity index (χ1v) is 40.0. The maximum atomic E-state index is 2.95. The lowest BCUT2D eigenvalue weighted by atomic mass is 9.73. The molecule has 0 N–H and O–H groups in total. The van der Waals surface area contributed by atoms with Crippen molar-refractivity contribution in [3.8, 4) is 145 Å². The van der Waals surface area contributed by atoms with Crippen LogP contribution in [0.15, 0.2) is 322 Å². The highest BCUT2D eigenvalue weighted by atomic mass is 15.2. The Balaban J connectivity index is 1.02. The van der Waals surface area contributed by atoms with Crippen molar-refractivity contribution < 1.29 is 0 Å². The van der Waals surface area contributed by atoms with Crippen LogP contribution >= 0.6 is 0 Å². The van der Waals surface area contributed by atoms with Crippen LogP contribution in [0.25, 0.3) is 155 Å². The van der Waals surface area contributed by atoms with Crippen LogP contribution in [0.5, 0.6) is 0 Å². The van der Waals surface area contributed by atoms with E-state index in [1.54, 1.807) is 0 Å². The van der Waals surface area contributed by atoms with Gasteiger partial charge in [-0.3, -0.25) is 0 Å². The zero-order valence-corrected chi connectivity index (χ0v) is 64.1. The number of hydrogen-bond acceptors (Lipinski definition) is 1. The predicted octanol–water partition coefficient (Wildman–Crippen LogP) is 29.4. The summed E-state index contributed by atoms with van der Waals surface area (Å²) in [5.41, 5.74) is 58.0. The van der Waals surface area contributed by atoms with Crippen LogP contribution < -0.4 is 4.90 Å². The smallest absolute Gasteiger partial charge is 0.0588 e. The molecule has 22 rings (SSSR count). The topological polar surface area (TPSA) is 3.24 Å². The van der Waals surface area contributed by atoms with E-state index in [1.165, 1.54) is 261 Å². The Kier molecular flexibility index (Phi) is 15.1.